The first-order valence-corrected chi connectivity index (χ1v) is 9.17. The highest BCUT2D eigenvalue weighted by Crippen LogP contribution is 2.39. The second-order valence-corrected chi connectivity index (χ2v) is 6.74. The van der Waals surface area contributed by atoms with Gasteiger partial charge in [0.25, 0.3) is 0 Å². The van der Waals surface area contributed by atoms with Crippen molar-refractivity contribution in [3.8, 4) is 11.5 Å². The minimum atomic E-state index is -0.448. The Morgan fingerprint density at radius 2 is 1.72 bits per heavy atom. The summed E-state index contributed by atoms with van der Waals surface area (Å²) in [6, 6.07) is 15.6. The van der Waals surface area contributed by atoms with E-state index in [9.17, 15) is 4.79 Å². The molecule has 1 aromatic heterocycles. The lowest BCUT2D eigenvalue weighted by molar-refractivity contribution is -0.135. The van der Waals surface area contributed by atoms with Crippen LogP contribution in [0.3, 0.4) is 0 Å². The second kappa shape index (κ2) is 7.39. The molecular formula is C23H22N2O4. The zero-order valence-electron chi connectivity index (χ0n) is 16.6. The van der Waals surface area contributed by atoms with Gasteiger partial charge in [-0.15, -0.1) is 0 Å². The number of methoxy groups -OCH3 is 3. The Morgan fingerprint density at radius 3 is 2.38 bits per heavy atom. The van der Waals surface area contributed by atoms with Crippen LogP contribution in [0.5, 0.6) is 11.5 Å². The fourth-order valence-corrected chi connectivity index (χ4v) is 3.74. The Kier molecular flexibility index (Phi) is 4.76. The molecule has 2 heterocycles. The van der Waals surface area contributed by atoms with Gasteiger partial charge in [0.2, 0.25) is 0 Å². The average molecular weight is 390 g/mol. The molecule has 4 rings (SSSR count). The third kappa shape index (κ3) is 3.12. The monoisotopic (exact) mass is 390 g/mol. The van der Waals surface area contributed by atoms with Crippen LogP contribution >= 0.6 is 0 Å². The van der Waals surface area contributed by atoms with E-state index in [1.807, 2.05) is 54.6 Å². The number of carbonyl (C=O) groups excluding carboxylic acids is 1. The van der Waals surface area contributed by atoms with Gasteiger partial charge in [0.15, 0.2) is 11.5 Å². The Balaban J connectivity index is 1.96. The summed E-state index contributed by atoms with van der Waals surface area (Å²) in [4.78, 5) is 12.6. The van der Waals surface area contributed by atoms with Gasteiger partial charge in [0.1, 0.15) is 0 Å². The minimum Gasteiger partial charge on any atom is -0.493 e. The lowest BCUT2D eigenvalue weighted by Gasteiger charge is -2.23. The van der Waals surface area contributed by atoms with Crippen molar-refractivity contribution < 1.29 is 19.0 Å². The summed E-state index contributed by atoms with van der Waals surface area (Å²) < 4.78 is 18.0. The van der Waals surface area contributed by atoms with Crippen LogP contribution in [0, 0.1) is 0 Å². The van der Waals surface area contributed by atoms with E-state index < -0.39 is 5.97 Å². The van der Waals surface area contributed by atoms with Gasteiger partial charge in [0.05, 0.1) is 43.8 Å². The molecule has 0 atom stereocenters. The van der Waals surface area contributed by atoms with Crippen molar-refractivity contribution >= 4 is 28.6 Å². The standard InChI is InChI=1S/C23H22N2O4/c1-27-19-11-15-10-18-22(24)21(23(26)29-3)16(9-14-7-5-4-6-8-14)13-25(18)17(15)12-20(19)28-2/h4-12H,13,24H2,1-3H3/b16-9+. The molecule has 148 valence electrons. The fourth-order valence-electron chi connectivity index (χ4n) is 3.74. The number of aromatic nitrogens is 1. The summed E-state index contributed by atoms with van der Waals surface area (Å²) >= 11 is 0. The number of hydrogen-bond acceptors (Lipinski definition) is 5. The van der Waals surface area contributed by atoms with E-state index in [1.165, 1.54) is 7.11 Å². The number of ether oxygens (including phenoxy) is 3. The van der Waals surface area contributed by atoms with Gasteiger partial charge in [-0.2, -0.15) is 0 Å². The number of fused-ring (bicyclic) bond motifs is 3. The average Bonchev–Trinajstić information content (AvgIpc) is 3.11. The Morgan fingerprint density at radius 1 is 1.03 bits per heavy atom. The van der Waals surface area contributed by atoms with E-state index in [1.54, 1.807) is 14.2 Å². The van der Waals surface area contributed by atoms with Crippen molar-refractivity contribution in [1.82, 2.24) is 4.57 Å². The Hall–Kier alpha value is -3.67. The molecule has 0 radical (unpaired) electrons. The van der Waals surface area contributed by atoms with Crippen molar-refractivity contribution in [1.29, 1.82) is 0 Å². The van der Waals surface area contributed by atoms with Crippen LogP contribution in [0.2, 0.25) is 0 Å². The summed E-state index contributed by atoms with van der Waals surface area (Å²) in [6.45, 7) is 0.481. The van der Waals surface area contributed by atoms with Crippen LogP contribution in [0.25, 0.3) is 22.7 Å². The van der Waals surface area contributed by atoms with Crippen molar-refractivity contribution in [2.24, 2.45) is 5.73 Å². The molecule has 0 bridgehead atoms. The molecule has 0 unspecified atom stereocenters. The molecule has 0 aliphatic carbocycles. The largest absolute Gasteiger partial charge is 0.493 e. The number of carbonyl (C=O) groups is 1. The predicted molar refractivity (Wildman–Crippen MR) is 113 cm³/mol. The number of nitrogens with zero attached hydrogens (tertiary/aromatic N) is 1. The maximum atomic E-state index is 12.6. The molecule has 2 N–H and O–H groups in total. The van der Waals surface area contributed by atoms with Crippen molar-refractivity contribution in [2.75, 3.05) is 21.3 Å². The zero-order valence-corrected chi connectivity index (χ0v) is 16.6. The Bertz CT molecular complexity index is 1160. The highest BCUT2D eigenvalue weighted by Gasteiger charge is 2.28. The molecule has 3 aromatic rings. The molecule has 29 heavy (non-hydrogen) atoms. The lowest BCUT2D eigenvalue weighted by atomic mass is 9.96. The molecular weight excluding hydrogens is 368 g/mol. The van der Waals surface area contributed by atoms with Crippen LogP contribution in [0.4, 0.5) is 0 Å². The first-order chi connectivity index (χ1) is 14.1. The van der Waals surface area contributed by atoms with Gasteiger partial charge in [-0.25, -0.2) is 4.79 Å². The number of esters is 1. The number of nitrogens with two attached hydrogens (primary N) is 1. The molecule has 0 amide bonds. The highest BCUT2D eigenvalue weighted by atomic mass is 16.5. The van der Waals surface area contributed by atoms with E-state index in [2.05, 4.69) is 4.57 Å². The van der Waals surface area contributed by atoms with Crippen molar-refractivity contribution in [3.05, 3.63) is 70.9 Å². The zero-order chi connectivity index (χ0) is 20.5. The van der Waals surface area contributed by atoms with E-state index in [0.29, 0.717) is 29.3 Å². The van der Waals surface area contributed by atoms with Crippen LogP contribution in [0.15, 0.2) is 59.7 Å². The smallest absolute Gasteiger partial charge is 0.340 e. The van der Waals surface area contributed by atoms with Gasteiger partial charge in [0, 0.05) is 18.0 Å². The minimum absolute atomic E-state index is 0.388. The van der Waals surface area contributed by atoms with Crippen molar-refractivity contribution in [2.45, 2.75) is 6.54 Å². The molecule has 2 aromatic carbocycles. The number of hydrogen-bond donors (Lipinski definition) is 1. The molecule has 1 aliphatic rings. The third-order valence-electron chi connectivity index (χ3n) is 5.13. The summed E-state index contributed by atoms with van der Waals surface area (Å²) in [5.74, 6) is 0.825. The third-order valence-corrected chi connectivity index (χ3v) is 5.13. The molecule has 0 fully saturated rings. The van der Waals surface area contributed by atoms with Crippen LogP contribution in [-0.2, 0) is 16.1 Å². The first kappa shape index (κ1) is 18.7. The van der Waals surface area contributed by atoms with Gasteiger partial charge in [-0.05, 0) is 29.3 Å². The highest BCUT2D eigenvalue weighted by molar-refractivity contribution is 6.05. The summed E-state index contributed by atoms with van der Waals surface area (Å²) in [5, 5.41) is 0.950. The maximum absolute atomic E-state index is 12.6. The van der Waals surface area contributed by atoms with Crippen LogP contribution < -0.4 is 15.2 Å². The van der Waals surface area contributed by atoms with Crippen molar-refractivity contribution in [3.63, 3.8) is 0 Å². The van der Waals surface area contributed by atoms with Crippen LogP contribution in [-0.4, -0.2) is 31.9 Å². The SMILES string of the molecule is COC(=O)C1=C(N)c2cc3cc(OC)c(OC)cc3n2C/C1=C\c1ccccc1. The summed E-state index contributed by atoms with van der Waals surface area (Å²) in [6.07, 6.45) is 1.97. The van der Waals surface area contributed by atoms with Crippen LogP contribution in [0.1, 0.15) is 11.3 Å². The molecule has 0 spiro atoms. The van der Waals surface area contributed by atoms with Gasteiger partial charge in [-0.1, -0.05) is 30.3 Å². The van der Waals surface area contributed by atoms with Gasteiger partial charge < -0.3 is 24.5 Å². The Labute approximate surface area is 168 Å². The van der Waals surface area contributed by atoms with Gasteiger partial charge >= 0.3 is 5.97 Å². The first-order valence-electron chi connectivity index (χ1n) is 9.17. The van der Waals surface area contributed by atoms with Gasteiger partial charge in [-0.3, -0.25) is 0 Å². The topological polar surface area (TPSA) is 75.7 Å². The van der Waals surface area contributed by atoms with E-state index in [-0.39, 0.29) is 0 Å². The second-order valence-electron chi connectivity index (χ2n) is 6.74. The normalized spacial score (nSPS) is 14.8. The number of benzene rings is 2. The van der Waals surface area contributed by atoms with E-state index in [0.717, 1.165) is 27.7 Å². The maximum Gasteiger partial charge on any atom is 0.340 e. The van der Waals surface area contributed by atoms with E-state index in [4.69, 9.17) is 19.9 Å². The summed E-state index contributed by atoms with van der Waals surface area (Å²) in [5.41, 5.74) is 10.7. The molecule has 0 saturated carbocycles. The quantitative estimate of drug-likeness (QED) is 0.689. The molecule has 6 nitrogen and oxygen atoms in total. The molecule has 1 aliphatic heterocycles. The van der Waals surface area contributed by atoms with E-state index >= 15 is 0 Å². The fraction of sp³-hybridized carbons (Fsp3) is 0.174. The molecule has 0 saturated heterocycles. The predicted octanol–water partition coefficient (Wildman–Crippen LogP) is 3.60. The lowest BCUT2D eigenvalue weighted by Crippen LogP contribution is -2.23. The molecule has 6 heteroatoms. The summed E-state index contributed by atoms with van der Waals surface area (Å²) in [7, 11) is 4.57. The number of rotatable bonds is 4.